The first-order valence-electron chi connectivity index (χ1n) is 3.96. The summed E-state index contributed by atoms with van der Waals surface area (Å²) in [6.07, 6.45) is 0. The lowest BCUT2D eigenvalue weighted by molar-refractivity contribution is -0.122. The molecule has 0 saturated heterocycles. The number of hydrogen-bond donors (Lipinski definition) is 0. The van der Waals surface area contributed by atoms with Gasteiger partial charge >= 0.3 is 6.03 Å². The van der Waals surface area contributed by atoms with E-state index in [1.165, 1.54) is 0 Å². The second-order valence-electron chi connectivity index (χ2n) is 2.70. The number of carbonyl (C=O) groups is 2. The van der Waals surface area contributed by atoms with E-state index in [-0.39, 0.29) is 0 Å². The summed E-state index contributed by atoms with van der Waals surface area (Å²) in [7, 11) is 0. The van der Waals surface area contributed by atoms with Crippen molar-refractivity contribution in [1.82, 2.24) is 10.5 Å². The molecular weight excluding hydrogens is 251 g/mol. The molecule has 17 heavy (non-hydrogen) atoms. The molecule has 0 aliphatic carbocycles. The minimum absolute atomic E-state index is 0.632. The maximum absolute atomic E-state index is 13.0. The minimum atomic E-state index is -2.61. The van der Waals surface area contributed by atoms with Crippen LogP contribution in [0.3, 0.4) is 0 Å². The van der Waals surface area contributed by atoms with Gasteiger partial charge in [-0.25, -0.2) is 13.6 Å². The average Bonchev–Trinajstić information content (AvgIpc) is 2.29. The zero-order valence-corrected chi connectivity index (χ0v) is 7.83. The fourth-order valence-corrected chi connectivity index (χ4v) is 0.928. The van der Waals surface area contributed by atoms with Crippen molar-refractivity contribution in [2.75, 3.05) is 0 Å². The van der Waals surface area contributed by atoms with Gasteiger partial charge in [0.2, 0.25) is 0 Å². The van der Waals surface area contributed by atoms with Crippen molar-refractivity contribution >= 4 is 11.9 Å². The molecule has 9 heteroatoms. The minimum Gasteiger partial charge on any atom is -0.266 e. The lowest BCUT2D eigenvalue weighted by Crippen LogP contribution is -2.34. The van der Waals surface area contributed by atoms with Crippen LogP contribution in [0.5, 0.6) is 0 Å². The number of rotatable bonds is 1. The molecule has 0 heterocycles. The van der Waals surface area contributed by atoms with Gasteiger partial charge in [-0.05, 0) is 12.1 Å². The molecule has 0 atom stereocenters. The molecule has 0 unspecified atom stereocenters. The van der Waals surface area contributed by atoms with E-state index in [4.69, 9.17) is 0 Å². The molecule has 92 valence electrons. The Balaban J connectivity index is 3.05. The molecule has 0 fully saturated rings. The highest BCUT2D eigenvalue weighted by Gasteiger charge is 2.31. The highest BCUT2D eigenvalue weighted by Crippen LogP contribution is 2.15. The number of halogens is 5. The molecule has 0 bridgehead atoms. The van der Waals surface area contributed by atoms with Crippen LogP contribution in [0.25, 0.3) is 0 Å². The van der Waals surface area contributed by atoms with Gasteiger partial charge < -0.3 is 0 Å². The Kier molecular flexibility index (Phi) is 3.61. The Morgan fingerprint density at radius 3 is 2.18 bits per heavy atom. The van der Waals surface area contributed by atoms with Crippen LogP contribution in [0.2, 0.25) is 0 Å². The molecule has 1 aromatic rings. The van der Waals surface area contributed by atoms with Crippen LogP contribution < -0.4 is 0 Å². The van der Waals surface area contributed by atoms with Gasteiger partial charge in [-0.2, -0.15) is 0 Å². The van der Waals surface area contributed by atoms with E-state index < -0.39 is 39.6 Å². The van der Waals surface area contributed by atoms with E-state index >= 15 is 0 Å². The smallest absolute Gasteiger partial charge is 0.266 e. The van der Waals surface area contributed by atoms with Crippen LogP contribution >= 0.6 is 0 Å². The first-order chi connectivity index (χ1) is 7.86. The summed E-state index contributed by atoms with van der Waals surface area (Å²) in [6, 6.07) is -0.486. The van der Waals surface area contributed by atoms with Crippen LogP contribution in [-0.4, -0.2) is 22.4 Å². The van der Waals surface area contributed by atoms with Crippen molar-refractivity contribution in [2.45, 2.75) is 0 Å². The van der Waals surface area contributed by atoms with Crippen LogP contribution in [0, 0.1) is 11.6 Å². The number of imide groups is 1. The fraction of sp³-hybridized carbons (Fsp3) is 0. The SMILES string of the molecule is O=C(c1cccc(F)c1F)N(F)C(=O)N(F)F. The number of benzene rings is 1. The molecule has 4 nitrogen and oxygen atoms in total. The van der Waals surface area contributed by atoms with Crippen molar-refractivity contribution in [3.8, 4) is 0 Å². The molecule has 1 aromatic carbocycles. The third-order valence-electron chi connectivity index (χ3n) is 1.67. The quantitative estimate of drug-likeness (QED) is 0.570. The predicted octanol–water partition coefficient (Wildman–Crippen LogP) is 2.48. The monoisotopic (exact) mass is 254 g/mol. The highest BCUT2D eigenvalue weighted by molar-refractivity contribution is 6.02. The van der Waals surface area contributed by atoms with Crippen molar-refractivity contribution < 1.29 is 31.8 Å². The zero-order valence-electron chi connectivity index (χ0n) is 7.83. The number of nitrogens with zero attached hydrogens (tertiary/aromatic N) is 2. The number of hydrogen-bond acceptors (Lipinski definition) is 2. The molecule has 0 aliphatic rings. The second-order valence-corrected chi connectivity index (χ2v) is 2.70. The Hall–Kier alpha value is -2.19. The summed E-state index contributed by atoms with van der Waals surface area (Å²) in [4.78, 5) is 21.4. The third-order valence-corrected chi connectivity index (χ3v) is 1.67. The molecule has 0 saturated carbocycles. The molecular formula is C8H3F5N2O2. The van der Waals surface area contributed by atoms with Crippen LogP contribution in [0.1, 0.15) is 10.4 Å². The molecule has 0 radical (unpaired) electrons. The van der Waals surface area contributed by atoms with E-state index in [0.717, 1.165) is 6.07 Å². The van der Waals surface area contributed by atoms with Crippen LogP contribution in [0.4, 0.5) is 27.0 Å². The van der Waals surface area contributed by atoms with E-state index in [9.17, 15) is 31.8 Å². The summed E-state index contributed by atoms with van der Waals surface area (Å²) >= 11 is 0. The van der Waals surface area contributed by atoms with Crippen molar-refractivity contribution in [2.24, 2.45) is 0 Å². The standard InChI is InChI=1S/C8H3F5N2O2/c9-5-3-1-2-4(6(5)10)7(16)14(11)8(17)15(12)13/h1-3H. The van der Waals surface area contributed by atoms with Gasteiger partial charge in [0.05, 0.1) is 5.56 Å². The largest absolute Gasteiger partial charge is 0.414 e. The van der Waals surface area contributed by atoms with Gasteiger partial charge in [0.1, 0.15) is 0 Å². The number of amides is 3. The fourth-order valence-electron chi connectivity index (χ4n) is 0.928. The Morgan fingerprint density at radius 2 is 1.65 bits per heavy atom. The summed E-state index contributed by atoms with van der Waals surface area (Å²) in [6.45, 7) is 0. The van der Waals surface area contributed by atoms with Crippen molar-refractivity contribution in [1.29, 1.82) is 0 Å². The lowest BCUT2D eigenvalue weighted by Gasteiger charge is -2.10. The van der Waals surface area contributed by atoms with Crippen LogP contribution in [0.15, 0.2) is 18.2 Å². The molecule has 0 aliphatic heterocycles. The Morgan fingerprint density at radius 1 is 1.06 bits per heavy atom. The molecule has 0 aromatic heterocycles. The zero-order chi connectivity index (χ0) is 13.2. The average molecular weight is 254 g/mol. The number of carbonyl (C=O) groups excluding carboxylic acids is 2. The Bertz CT molecular complexity index is 465. The first kappa shape index (κ1) is 12.9. The molecule has 1 rings (SSSR count). The Labute approximate surface area is 90.6 Å². The normalized spacial score (nSPS) is 9.94. The maximum Gasteiger partial charge on any atom is 0.414 e. The third kappa shape index (κ3) is 2.49. The van der Waals surface area contributed by atoms with Gasteiger partial charge in [0.15, 0.2) is 11.6 Å². The summed E-state index contributed by atoms with van der Waals surface area (Å²) in [5.74, 6) is -5.25. The summed E-state index contributed by atoms with van der Waals surface area (Å²) < 4.78 is 61.6. The van der Waals surface area contributed by atoms with Gasteiger partial charge in [-0.3, -0.25) is 4.79 Å². The number of urea groups is 1. The van der Waals surface area contributed by atoms with E-state index in [1.807, 2.05) is 0 Å². The van der Waals surface area contributed by atoms with Gasteiger partial charge in [0.25, 0.3) is 5.91 Å². The first-order valence-corrected chi connectivity index (χ1v) is 3.96. The summed E-state index contributed by atoms with van der Waals surface area (Å²) in [5.41, 5.74) is -1.18. The van der Waals surface area contributed by atoms with Crippen molar-refractivity contribution in [3.05, 3.63) is 35.4 Å². The molecule has 0 spiro atoms. The molecule has 0 N–H and O–H groups in total. The second kappa shape index (κ2) is 4.76. The van der Waals surface area contributed by atoms with Gasteiger partial charge in [-0.15, -0.1) is 0 Å². The van der Waals surface area contributed by atoms with Crippen molar-refractivity contribution in [3.63, 3.8) is 0 Å². The van der Waals surface area contributed by atoms with E-state index in [1.54, 1.807) is 0 Å². The maximum atomic E-state index is 13.0. The predicted molar refractivity (Wildman–Crippen MR) is 43.1 cm³/mol. The van der Waals surface area contributed by atoms with Gasteiger partial charge in [0, 0.05) is 5.34 Å². The van der Waals surface area contributed by atoms with E-state index in [0.29, 0.717) is 12.1 Å². The van der Waals surface area contributed by atoms with Gasteiger partial charge in [-0.1, -0.05) is 24.6 Å². The summed E-state index contributed by atoms with van der Waals surface area (Å²) in [5, 5.41) is -3.74. The lowest BCUT2D eigenvalue weighted by atomic mass is 10.2. The van der Waals surface area contributed by atoms with E-state index in [2.05, 4.69) is 0 Å². The van der Waals surface area contributed by atoms with Crippen LogP contribution in [-0.2, 0) is 0 Å². The molecule has 3 amide bonds. The highest BCUT2D eigenvalue weighted by atomic mass is 19.4. The topological polar surface area (TPSA) is 40.6 Å².